The lowest BCUT2D eigenvalue weighted by Gasteiger charge is -2.01. The van der Waals surface area contributed by atoms with Crippen molar-refractivity contribution in [2.75, 3.05) is 6.54 Å². The average Bonchev–Trinajstić information content (AvgIpc) is 2.39. The zero-order valence-corrected chi connectivity index (χ0v) is 9.82. The van der Waals surface area contributed by atoms with Gasteiger partial charge in [-0.3, -0.25) is 4.79 Å². The fourth-order valence-electron chi connectivity index (χ4n) is 1.60. The van der Waals surface area contributed by atoms with E-state index < -0.39 is 0 Å². The molecule has 6 heteroatoms. The summed E-state index contributed by atoms with van der Waals surface area (Å²) < 4.78 is 1.44. The number of azide groups is 1. The predicted molar refractivity (Wildman–Crippen MR) is 70.0 cm³/mol. The maximum atomic E-state index is 11.9. The molecular weight excluding hydrogens is 230 g/mol. The van der Waals surface area contributed by atoms with Gasteiger partial charge < -0.3 is 4.57 Å². The Kier molecular flexibility index (Phi) is 3.41. The van der Waals surface area contributed by atoms with Gasteiger partial charge in [0.2, 0.25) is 0 Å². The van der Waals surface area contributed by atoms with E-state index in [1.54, 1.807) is 31.3 Å². The van der Waals surface area contributed by atoms with Gasteiger partial charge in [-0.1, -0.05) is 23.3 Å². The van der Waals surface area contributed by atoms with Gasteiger partial charge >= 0.3 is 0 Å². The molecule has 0 aliphatic rings. The molecule has 0 radical (unpaired) electrons. The van der Waals surface area contributed by atoms with Gasteiger partial charge in [-0.25, -0.2) is 4.98 Å². The first-order valence-electron chi connectivity index (χ1n) is 5.35. The highest BCUT2D eigenvalue weighted by Crippen LogP contribution is 2.11. The summed E-state index contributed by atoms with van der Waals surface area (Å²) in [5, 5.41) is 3.97. The molecule has 0 saturated carbocycles. The quantitative estimate of drug-likeness (QED) is 0.469. The third-order valence-electron chi connectivity index (χ3n) is 2.50. The molecule has 0 amide bonds. The van der Waals surface area contributed by atoms with Crippen molar-refractivity contribution in [3.8, 4) is 0 Å². The molecule has 0 spiro atoms. The Morgan fingerprint density at radius 3 is 3.17 bits per heavy atom. The molecule has 2 rings (SSSR count). The van der Waals surface area contributed by atoms with Crippen molar-refractivity contribution < 1.29 is 0 Å². The second-order valence-electron chi connectivity index (χ2n) is 3.75. The van der Waals surface area contributed by atoms with Gasteiger partial charge in [0, 0.05) is 18.5 Å². The molecule has 0 N–H and O–H groups in total. The molecule has 18 heavy (non-hydrogen) atoms. The van der Waals surface area contributed by atoms with Gasteiger partial charge in [0.15, 0.2) is 0 Å². The smallest absolute Gasteiger partial charge is 0.260 e. The number of aromatic nitrogens is 2. The van der Waals surface area contributed by atoms with Crippen LogP contribution in [0.2, 0.25) is 0 Å². The second-order valence-corrected chi connectivity index (χ2v) is 3.75. The summed E-state index contributed by atoms with van der Waals surface area (Å²) in [5.41, 5.74) is 9.61. The zero-order chi connectivity index (χ0) is 13.0. The Morgan fingerprint density at radius 1 is 1.56 bits per heavy atom. The van der Waals surface area contributed by atoms with E-state index in [1.165, 1.54) is 10.9 Å². The summed E-state index contributed by atoms with van der Waals surface area (Å²) in [6.07, 6.45) is 5.05. The van der Waals surface area contributed by atoms with Gasteiger partial charge in [-0.15, -0.1) is 0 Å². The lowest BCUT2D eigenvalue weighted by atomic mass is 10.1. The van der Waals surface area contributed by atoms with Crippen molar-refractivity contribution in [3.05, 3.63) is 57.0 Å². The molecule has 0 bridgehead atoms. The molecule has 6 nitrogen and oxygen atoms in total. The highest BCUT2D eigenvalue weighted by Gasteiger charge is 2.01. The molecule has 1 heterocycles. The predicted octanol–water partition coefficient (Wildman–Crippen LogP) is 2.26. The molecule has 0 atom stereocenters. The second kappa shape index (κ2) is 5.16. The minimum Gasteiger partial charge on any atom is -0.302 e. The number of rotatable bonds is 3. The van der Waals surface area contributed by atoms with Crippen LogP contribution in [-0.4, -0.2) is 16.1 Å². The normalized spacial score (nSPS) is 10.7. The van der Waals surface area contributed by atoms with E-state index in [9.17, 15) is 4.79 Å². The highest BCUT2D eigenvalue weighted by atomic mass is 16.1. The van der Waals surface area contributed by atoms with E-state index in [0.717, 1.165) is 5.56 Å². The molecule has 0 unspecified atom stereocenters. The van der Waals surface area contributed by atoms with Crippen LogP contribution in [0.15, 0.2) is 40.5 Å². The Morgan fingerprint density at radius 2 is 2.39 bits per heavy atom. The maximum absolute atomic E-state index is 11.9. The first-order valence-corrected chi connectivity index (χ1v) is 5.35. The molecule has 0 aliphatic heterocycles. The van der Waals surface area contributed by atoms with Crippen LogP contribution in [0.5, 0.6) is 0 Å². The molecule has 0 fully saturated rings. The summed E-state index contributed by atoms with van der Waals surface area (Å²) in [6.45, 7) is 0.291. The van der Waals surface area contributed by atoms with Crippen molar-refractivity contribution in [1.82, 2.24) is 9.55 Å². The van der Waals surface area contributed by atoms with Crippen molar-refractivity contribution in [2.24, 2.45) is 12.2 Å². The lowest BCUT2D eigenvalue weighted by molar-refractivity contribution is 0.843. The molecule has 0 aliphatic carbocycles. The van der Waals surface area contributed by atoms with Crippen molar-refractivity contribution in [1.29, 1.82) is 0 Å². The topological polar surface area (TPSA) is 83.7 Å². The van der Waals surface area contributed by atoms with Crippen molar-refractivity contribution in [2.45, 2.75) is 0 Å². The largest absolute Gasteiger partial charge is 0.302 e. The zero-order valence-electron chi connectivity index (χ0n) is 9.82. The van der Waals surface area contributed by atoms with Gasteiger partial charge in [-0.05, 0) is 23.2 Å². The van der Waals surface area contributed by atoms with E-state index in [-0.39, 0.29) is 5.56 Å². The number of benzene rings is 1. The Labute approximate surface area is 103 Å². The number of hydrogen-bond donors (Lipinski definition) is 0. The number of hydrogen-bond acceptors (Lipinski definition) is 3. The summed E-state index contributed by atoms with van der Waals surface area (Å²) in [6, 6.07) is 5.43. The molecule has 90 valence electrons. The van der Waals surface area contributed by atoms with Gasteiger partial charge in [0.05, 0.1) is 17.2 Å². The van der Waals surface area contributed by atoms with Crippen molar-refractivity contribution in [3.63, 3.8) is 0 Å². The minimum atomic E-state index is -0.0784. The van der Waals surface area contributed by atoms with Gasteiger partial charge in [0.1, 0.15) is 0 Å². The molecule has 1 aromatic heterocycles. The first-order chi connectivity index (χ1) is 8.72. The van der Waals surface area contributed by atoms with E-state index in [2.05, 4.69) is 15.0 Å². The van der Waals surface area contributed by atoms with Crippen LogP contribution < -0.4 is 5.56 Å². The molecule has 2 aromatic rings. The van der Waals surface area contributed by atoms with Crippen LogP contribution >= 0.6 is 0 Å². The summed E-state index contributed by atoms with van der Waals surface area (Å²) in [5.74, 6) is 0. The van der Waals surface area contributed by atoms with Gasteiger partial charge in [0.25, 0.3) is 5.56 Å². The monoisotopic (exact) mass is 241 g/mol. The third kappa shape index (κ3) is 2.39. The molecular formula is C12H11N5O. The third-order valence-corrected chi connectivity index (χ3v) is 2.50. The molecule has 0 saturated heterocycles. The Bertz CT molecular complexity index is 710. The first kappa shape index (κ1) is 11.9. The molecule has 1 aromatic carbocycles. The van der Waals surface area contributed by atoms with Crippen LogP contribution in [0.1, 0.15) is 5.56 Å². The fraction of sp³-hybridized carbons (Fsp3) is 0.167. The fourth-order valence-corrected chi connectivity index (χ4v) is 1.60. The van der Waals surface area contributed by atoms with E-state index in [0.29, 0.717) is 17.4 Å². The Hall–Kier alpha value is -2.59. The maximum Gasteiger partial charge on any atom is 0.260 e. The lowest BCUT2D eigenvalue weighted by Crippen LogP contribution is -2.16. The summed E-state index contributed by atoms with van der Waals surface area (Å²) >= 11 is 0. The van der Waals surface area contributed by atoms with Gasteiger partial charge in [-0.2, -0.15) is 0 Å². The standard InChI is InChI=1S/C12H11N5O/c1-17-8-14-11-5-4-9(3-2-6-15-16-13)7-10(11)12(17)18/h2-5,7-8H,6H2,1H3. The van der Waals surface area contributed by atoms with Crippen molar-refractivity contribution >= 4 is 17.0 Å². The van der Waals surface area contributed by atoms with Crippen LogP contribution in [-0.2, 0) is 7.05 Å². The highest BCUT2D eigenvalue weighted by molar-refractivity contribution is 5.80. The van der Waals surface area contributed by atoms with Crippen LogP contribution in [0, 0.1) is 0 Å². The number of nitrogens with zero attached hydrogens (tertiary/aromatic N) is 5. The average molecular weight is 241 g/mol. The number of fused-ring (bicyclic) bond motifs is 1. The summed E-state index contributed by atoms with van der Waals surface area (Å²) in [4.78, 5) is 18.7. The van der Waals surface area contributed by atoms with E-state index in [4.69, 9.17) is 5.53 Å². The van der Waals surface area contributed by atoms with Crippen LogP contribution in [0.25, 0.3) is 27.4 Å². The Balaban J connectivity index is 2.43. The summed E-state index contributed by atoms with van der Waals surface area (Å²) in [7, 11) is 1.67. The van der Waals surface area contributed by atoms with Crippen LogP contribution in [0.3, 0.4) is 0 Å². The SMILES string of the molecule is Cn1cnc2ccc(C=CCN=[N+]=[N-])cc2c1=O. The minimum absolute atomic E-state index is 0.0784. The van der Waals surface area contributed by atoms with E-state index >= 15 is 0 Å². The van der Waals surface area contributed by atoms with Crippen LogP contribution in [0.4, 0.5) is 0 Å². The number of aryl methyl sites for hydroxylation is 1. The van der Waals surface area contributed by atoms with E-state index in [1.807, 2.05) is 6.07 Å².